The van der Waals surface area contributed by atoms with Crippen LogP contribution in [0.2, 0.25) is 0 Å². The number of nitrogens with one attached hydrogen (secondary N) is 1. The summed E-state index contributed by atoms with van der Waals surface area (Å²) >= 11 is 0. The molecule has 0 saturated heterocycles. The van der Waals surface area contributed by atoms with E-state index in [4.69, 9.17) is 5.26 Å². The number of aryl methyl sites for hydroxylation is 1. The number of aromatic amines is 1. The van der Waals surface area contributed by atoms with Crippen LogP contribution >= 0.6 is 0 Å². The molecule has 1 heterocycles. The second-order valence-corrected chi connectivity index (χ2v) is 4.36. The van der Waals surface area contributed by atoms with Crippen molar-refractivity contribution in [3.63, 3.8) is 0 Å². The minimum atomic E-state index is -0.733. The molecule has 0 aliphatic carbocycles. The van der Waals surface area contributed by atoms with Gasteiger partial charge in [0.05, 0.1) is 22.9 Å². The van der Waals surface area contributed by atoms with E-state index in [-0.39, 0.29) is 11.4 Å². The van der Waals surface area contributed by atoms with Crippen molar-refractivity contribution in [1.82, 2.24) is 9.55 Å². The van der Waals surface area contributed by atoms with Crippen LogP contribution in [-0.2, 0) is 6.42 Å². The van der Waals surface area contributed by atoms with Gasteiger partial charge in [-0.3, -0.25) is 9.78 Å². The van der Waals surface area contributed by atoms with E-state index in [1.54, 1.807) is 26.0 Å². The van der Waals surface area contributed by atoms with Crippen molar-refractivity contribution in [3.05, 3.63) is 55.7 Å². The number of nitriles is 1. The number of benzene rings is 1. The predicted octanol–water partition coefficient (Wildman–Crippen LogP) is 0.974. The molecule has 1 aromatic heterocycles. The van der Waals surface area contributed by atoms with E-state index in [0.717, 1.165) is 4.57 Å². The molecule has 6 heteroatoms. The lowest BCUT2D eigenvalue weighted by atomic mass is 10.1. The Morgan fingerprint density at radius 3 is 2.70 bits per heavy atom. The zero-order valence-corrected chi connectivity index (χ0v) is 11.1. The first-order valence-corrected chi connectivity index (χ1v) is 6.07. The standard InChI is InChI=1S/C14H13N3O3/c1-3-10-12(18)16-14(20)17(13(10)19)11-6-9(7-15)5-4-8(11)2/h4-6,19H,3H2,1-2H3,(H,16,18,20). The maximum Gasteiger partial charge on any atom is 0.335 e. The molecular weight excluding hydrogens is 258 g/mol. The van der Waals surface area contributed by atoms with Gasteiger partial charge in [0.15, 0.2) is 0 Å². The zero-order chi connectivity index (χ0) is 14.9. The molecule has 0 bridgehead atoms. The van der Waals surface area contributed by atoms with Gasteiger partial charge in [0.2, 0.25) is 5.88 Å². The number of hydrogen-bond acceptors (Lipinski definition) is 4. The minimum Gasteiger partial charge on any atom is -0.494 e. The van der Waals surface area contributed by atoms with Crippen molar-refractivity contribution < 1.29 is 5.11 Å². The Bertz CT molecular complexity index is 825. The highest BCUT2D eigenvalue weighted by Gasteiger charge is 2.15. The second kappa shape index (κ2) is 5.05. The molecule has 0 atom stereocenters. The van der Waals surface area contributed by atoms with Crippen molar-refractivity contribution in [2.45, 2.75) is 20.3 Å². The summed E-state index contributed by atoms with van der Waals surface area (Å²) in [6, 6.07) is 6.76. The third-order valence-electron chi connectivity index (χ3n) is 3.11. The number of H-pyrrole nitrogens is 1. The molecule has 20 heavy (non-hydrogen) atoms. The highest BCUT2D eigenvalue weighted by Crippen LogP contribution is 2.20. The molecule has 0 spiro atoms. The fourth-order valence-electron chi connectivity index (χ4n) is 2.02. The molecule has 0 unspecified atom stereocenters. The molecule has 0 aliphatic rings. The van der Waals surface area contributed by atoms with E-state index in [9.17, 15) is 14.7 Å². The van der Waals surface area contributed by atoms with Crippen molar-refractivity contribution in [3.8, 4) is 17.6 Å². The molecule has 1 aromatic carbocycles. The van der Waals surface area contributed by atoms with Crippen LogP contribution in [-0.4, -0.2) is 14.7 Å². The Balaban J connectivity index is 2.87. The average Bonchev–Trinajstić information content (AvgIpc) is 2.40. The van der Waals surface area contributed by atoms with Gasteiger partial charge in [0.25, 0.3) is 5.56 Å². The Hall–Kier alpha value is -2.81. The molecule has 0 aliphatic heterocycles. The van der Waals surface area contributed by atoms with Crippen LogP contribution in [0.25, 0.3) is 5.69 Å². The third kappa shape index (κ3) is 2.10. The Kier molecular flexibility index (Phi) is 3.44. The molecule has 0 amide bonds. The topological polar surface area (TPSA) is 98.9 Å². The predicted molar refractivity (Wildman–Crippen MR) is 73.2 cm³/mol. The van der Waals surface area contributed by atoms with Crippen LogP contribution < -0.4 is 11.2 Å². The molecule has 0 radical (unpaired) electrons. The first kappa shape index (κ1) is 13.6. The van der Waals surface area contributed by atoms with Crippen LogP contribution in [0.1, 0.15) is 23.6 Å². The van der Waals surface area contributed by atoms with Gasteiger partial charge in [-0.05, 0) is 31.0 Å². The lowest BCUT2D eigenvalue weighted by Crippen LogP contribution is -2.31. The summed E-state index contributed by atoms with van der Waals surface area (Å²) in [7, 11) is 0. The first-order valence-electron chi connectivity index (χ1n) is 6.07. The molecule has 2 N–H and O–H groups in total. The monoisotopic (exact) mass is 271 g/mol. The maximum absolute atomic E-state index is 11.9. The van der Waals surface area contributed by atoms with Gasteiger partial charge < -0.3 is 5.11 Å². The van der Waals surface area contributed by atoms with Crippen LogP contribution in [0.3, 0.4) is 0 Å². The minimum absolute atomic E-state index is 0.131. The number of aromatic hydroxyl groups is 1. The van der Waals surface area contributed by atoms with Gasteiger partial charge in [-0.15, -0.1) is 0 Å². The SMILES string of the molecule is CCc1c(O)n(-c2cc(C#N)ccc2C)c(=O)[nH]c1=O. The van der Waals surface area contributed by atoms with Crippen LogP contribution in [0.5, 0.6) is 5.88 Å². The number of aromatic nitrogens is 2. The van der Waals surface area contributed by atoms with Gasteiger partial charge in [0, 0.05) is 0 Å². The molecule has 0 saturated carbocycles. The fraction of sp³-hybridized carbons (Fsp3) is 0.214. The highest BCUT2D eigenvalue weighted by molar-refractivity contribution is 5.49. The summed E-state index contributed by atoms with van der Waals surface area (Å²) in [6.07, 6.45) is 0.290. The van der Waals surface area contributed by atoms with E-state index in [0.29, 0.717) is 23.2 Å². The summed E-state index contributed by atoms with van der Waals surface area (Å²) in [6.45, 7) is 3.46. The van der Waals surface area contributed by atoms with Crippen LogP contribution in [0.4, 0.5) is 0 Å². The molecule has 2 rings (SSSR count). The van der Waals surface area contributed by atoms with Gasteiger partial charge in [-0.25, -0.2) is 9.36 Å². The molecule has 2 aromatic rings. The lowest BCUT2D eigenvalue weighted by molar-refractivity contribution is 0.423. The van der Waals surface area contributed by atoms with Crippen molar-refractivity contribution in [1.29, 1.82) is 5.26 Å². The van der Waals surface area contributed by atoms with Crippen LogP contribution in [0, 0.1) is 18.3 Å². The van der Waals surface area contributed by atoms with Crippen molar-refractivity contribution in [2.24, 2.45) is 0 Å². The summed E-state index contributed by atoms with van der Waals surface area (Å²) in [5.74, 6) is -0.389. The summed E-state index contributed by atoms with van der Waals surface area (Å²) < 4.78 is 1.01. The van der Waals surface area contributed by atoms with Crippen molar-refractivity contribution in [2.75, 3.05) is 0 Å². The van der Waals surface area contributed by atoms with E-state index < -0.39 is 11.2 Å². The first-order chi connectivity index (χ1) is 9.49. The third-order valence-corrected chi connectivity index (χ3v) is 3.11. The number of nitrogens with zero attached hydrogens (tertiary/aromatic N) is 2. The summed E-state index contributed by atoms with van der Waals surface area (Å²) in [4.78, 5) is 25.7. The molecule has 6 nitrogen and oxygen atoms in total. The normalized spacial score (nSPS) is 10.2. The molecule has 0 fully saturated rings. The number of rotatable bonds is 2. The summed E-state index contributed by atoms with van der Waals surface area (Å²) in [5.41, 5.74) is 0.240. The van der Waals surface area contributed by atoms with Crippen LogP contribution in [0.15, 0.2) is 27.8 Å². The molecular formula is C14H13N3O3. The van der Waals surface area contributed by atoms with E-state index in [2.05, 4.69) is 4.98 Å². The molecule has 102 valence electrons. The Labute approximate surface area is 114 Å². The lowest BCUT2D eigenvalue weighted by Gasteiger charge is -2.13. The Morgan fingerprint density at radius 2 is 2.10 bits per heavy atom. The highest BCUT2D eigenvalue weighted by atomic mass is 16.3. The van der Waals surface area contributed by atoms with Gasteiger partial charge in [0.1, 0.15) is 0 Å². The second-order valence-electron chi connectivity index (χ2n) is 4.36. The van der Waals surface area contributed by atoms with Crippen molar-refractivity contribution >= 4 is 0 Å². The fourth-order valence-corrected chi connectivity index (χ4v) is 2.02. The number of hydrogen-bond donors (Lipinski definition) is 2. The smallest absolute Gasteiger partial charge is 0.335 e. The maximum atomic E-state index is 11.9. The van der Waals surface area contributed by atoms with Gasteiger partial charge in [-0.2, -0.15) is 5.26 Å². The van der Waals surface area contributed by atoms with E-state index >= 15 is 0 Å². The van der Waals surface area contributed by atoms with E-state index in [1.807, 2.05) is 6.07 Å². The van der Waals surface area contributed by atoms with Gasteiger partial charge in [-0.1, -0.05) is 13.0 Å². The van der Waals surface area contributed by atoms with Gasteiger partial charge >= 0.3 is 5.69 Å². The van der Waals surface area contributed by atoms with E-state index in [1.165, 1.54) is 6.07 Å². The largest absolute Gasteiger partial charge is 0.494 e. The quantitative estimate of drug-likeness (QED) is 0.850. The Morgan fingerprint density at radius 1 is 1.40 bits per heavy atom. The average molecular weight is 271 g/mol. The zero-order valence-electron chi connectivity index (χ0n) is 11.1. The summed E-state index contributed by atoms with van der Waals surface area (Å²) in [5, 5.41) is 19.1.